The topological polar surface area (TPSA) is 97.0 Å². The SMILES string of the molecule is CNC(=O)c1noc(CN2CCCC3(CCc4cnc(-c5ccccc5)nc43)C2)n1. The van der Waals surface area contributed by atoms with Gasteiger partial charge in [0.05, 0.1) is 12.2 Å². The molecule has 3 aromatic rings. The highest BCUT2D eigenvalue weighted by Crippen LogP contribution is 2.44. The number of benzene rings is 1. The number of carbonyl (C=O) groups excluding carboxylic acids is 1. The zero-order valence-electron chi connectivity index (χ0n) is 17.0. The van der Waals surface area contributed by atoms with E-state index in [1.54, 1.807) is 7.05 Å². The Morgan fingerprint density at radius 2 is 2.10 bits per heavy atom. The van der Waals surface area contributed by atoms with Gasteiger partial charge in [0, 0.05) is 30.8 Å². The van der Waals surface area contributed by atoms with Crippen LogP contribution in [0.1, 0.15) is 47.0 Å². The summed E-state index contributed by atoms with van der Waals surface area (Å²) in [5.41, 5.74) is 3.53. The molecule has 0 saturated carbocycles. The maximum Gasteiger partial charge on any atom is 0.292 e. The molecule has 30 heavy (non-hydrogen) atoms. The molecule has 0 bridgehead atoms. The Hall–Kier alpha value is -3.13. The van der Waals surface area contributed by atoms with Crippen LogP contribution in [0.2, 0.25) is 0 Å². The maximum absolute atomic E-state index is 11.7. The first-order valence-corrected chi connectivity index (χ1v) is 10.4. The molecule has 1 amide bonds. The fraction of sp³-hybridized carbons (Fsp3) is 0.409. The average Bonchev–Trinajstić information content (AvgIpc) is 3.39. The summed E-state index contributed by atoms with van der Waals surface area (Å²) in [7, 11) is 1.55. The van der Waals surface area contributed by atoms with Gasteiger partial charge in [0.1, 0.15) is 0 Å². The molecule has 8 heteroatoms. The van der Waals surface area contributed by atoms with Crippen molar-refractivity contribution in [2.45, 2.75) is 37.6 Å². The van der Waals surface area contributed by atoms with E-state index in [4.69, 9.17) is 9.51 Å². The maximum atomic E-state index is 11.7. The van der Waals surface area contributed by atoms with Gasteiger partial charge in [-0.3, -0.25) is 9.69 Å². The number of nitrogens with zero attached hydrogens (tertiary/aromatic N) is 5. The van der Waals surface area contributed by atoms with Crippen molar-refractivity contribution in [1.82, 2.24) is 30.3 Å². The zero-order chi connectivity index (χ0) is 20.6. The summed E-state index contributed by atoms with van der Waals surface area (Å²) in [6.07, 6.45) is 6.31. The van der Waals surface area contributed by atoms with Crippen molar-refractivity contribution >= 4 is 5.91 Å². The number of carbonyl (C=O) groups is 1. The molecule has 1 aliphatic carbocycles. The van der Waals surface area contributed by atoms with Gasteiger partial charge in [0.2, 0.25) is 5.89 Å². The molecule has 1 unspecified atom stereocenters. The van der Waals surface area contributed by atoms with Gasteiger partial charge in [-0.25, -0.2) is 9.97 Å². The fourth-order valence-electron chi connectivity index (χ4n) is 4.74. The van der Waals surface area contributed by atoms with Crippen LogP contribution in [-0.4, -0.2) is 51.1 Å². The van der Waals surface area contributed by atoms with Gasteiger partial charge in [-0.05, 0) is 37.8 Å². The van der Waals surface area contributed by atoms with Crippen LogP contribution in [0.3, 0.4) is 0 Å². The number of rotatable bonds is 4. The van der Waals surface area contributed by atoms with Crippen LogP contribution in [0.4, 0.5) is 0 Å². The number of aromatic nitrogens is 4. The molecule has 1 saturated heterocycles. The quantitative estimate of drug-likeness (QED) is 0.713. The number of fused-ring (bicyclic) bond motifs is 2. The lowest BCUT2D eigenvalue weighted by atomic mass is 9.77. The van der Waals surface area contributed by atoms with E-state index in [0.717, 1.165) is 50.2 Å². The molecular formula is C22H24N6O2. The Morgan fingerprint density at radius 1 is 1.23 bits per heavy atom. The number of likely N-dealkylation sites (tertiary alicyclic amines) is 1. The standard InChI is InChI=1S/C22H24N6O2/c1-23-21(29)20-25-17(30-27-20)13-28-11-5-9-22(14-28)10-8-16-12-24-19(26-18(16)22)15-6-3-2-4-7-15/h2-4,6-7,12H,5,8-11,13-14H2,1H3,(H,23,29). The lowest BCUT2D eigenvalue weighted by Crippen LogP contribution is -2.45. The summed E-state index contributed by atoms with van der Waals surface area (Å²) in [5.74, 6) is 0.997. The van der Waals surface area contributed by atoms with Crippen molar-refractivity contribution in [3.8, 4) is 11.4 Å². The monoisotopic (exact) mass is 404 g/mol. The van der Waals surface area contributed by atoms with E-state index in [-0.39, 0.29) is 17.1 Å². The molecule has 1 aromatic carbocycles. The first kappa shape index (κ1) is 18.9. The summed E-state index contributed by atoms with van der Waals surface area (Å²) in [6, 6.07) is 10.1. The third kappa shape index (κ3) is 3.37. The highest BCUT2D eigenvalue weighted by Gasteiger charge is 2.44. The molecule has 1 N–H and O–H groups in total. The highest BCUT2D eigenvalue weighted by atomic mass is 16.5. The zero-order valence-corrected chi connectivity index (χ0v) is 17.0. The Morgan fingerprint density at radius 3 is 2.93 bits per heavy atom. The van der Waals surface area contributed by atoms with E-state index in [9.17, 15) is 4.79 Å². The summed E-state index contributed by atoms with van der Waals surface area (Å²) >= 11 is 0. The minimum atomic E-state index is -0.338. The van der Waals surface area contributed by atoms with E-state index in [2.05, 4.69) is 37.5 Å². The molecule has 3 heterocycles. The van der Waals surface area contributed by atoms with Crippen molar-refractivity contribution < 1.29 is 9.32 Å². The molecule has 5 rings (SSSR count). The fourth-order valence-corrected chi connectivity index (χ4v) is 4.74. The first-order chi connectivity index (χ1) is 14.7. The lowest BCUT2D eigenvalue weighted by Gasteiger charge is -2.40. The van der Waals surface area contributed by atoms with Crippen molar-refractivity contribution in [3.05, 3.63) is 59.5 Å². The van der Waals surface area contributed by atoms with Gasteiger partial charge in [0.25, 0.3) is 11.7 Å². The molecule has 1 spiro atoms. The molecule has 2 aromatic heterocycles. The average molecular weight is 404 g/mol. The predicted octanol–water partition coefficient (Wildman–Crippen LogP) is 2.37. The molecular weight excluding hydrogens is 380 g/mol. The third-order valence-electron chi connectivity index (χ3n) is 6.18. The largest absolute Gasteiger partial charge is 0.352 e. The van der Waals surface area contributed by atoms with Gasteiger partial charge in [-0.1, -0.05) is 35.5 Å². The van der Waals surface area contributed by atoms with Crippen molar-refractivity contribution in [3.63, 3.8) is 0 Å². The van der Waals surface area contributed by atoms with Gasteiger partial charge < -0.3 is 9.84 Å². The van der Waals surface area contributed by atoms with Gasteiger partial charge >= 0.3 is 0 Å². The van der Waals surface area contributed by atoms with Gasteiger partial charge in [-0.2, -0.15) is 4.98 Å². The van der Waals surface area contributed by atoms with E-state index in [1.165, 1.54) is 11.3 Å². The molecule has 1 fully saturated rings. The number of amides is 1. The Bertz CT molecular complexity index is 1060. The Balaban J connectivity index is 1.38. The summed E-state index contributed by atoms with van der Waals surface area (Å²) in [4.78, 5) is 27.9. The molecule has 0 radical (unpaired) electrons. The summed E-state index contributed by atoms with van der Waals surface area (Å²) in [6.45, 7) is 2.39. The number of piperidine rings is 1. The second-order valence-electron chi connectivity index (χ2n) is 8.12. The van der Waals surface area contributed by atoms with Crippen LogP contribution >= 0.6 is 0 Å². The molecule has 2 aliphatic rings. The van der Waals surface area contributed by atoms with E-state index < -0.39 is 0 Å². The lowest BCUT2D eigenvalue weighted by molar-refractivity contribution is 0.0950. The van der Waals surface area contributed by atoms with E-state index >= 15 is 0 Å². The number of hydrogen-bond donors (Lipinski definition) is 1. The van der Waals surface area contributed by atoms with Crippen LogP contribution in [0, 0.1) is 0 Å². The number of nitrogens with one attached hydrogen (secondary N) is 1. The number of aryl methyl sites for hydroxylation is 1. The van der Waals surface area contributed by atoms with Crippen LogP contribution in [0.15, 0.2) is 41.1 Å². The molecule has 1 aliphatic heterocycles. The predicted molar refractivity (Wildman–Crippen MR) is 110 cm³/mol. The van der Waals surface area contributed by atoms with Gasteiger partial charge in [0.15, 0.2) is 5.82 Å². The van der Waals surface area contributed by atoms with Crippen LogP contribution < -0.4 is 5.32 Å². The molecule has 154 valence electrons. The first-order valence-electron chi connectivity index (χ1n) is 10.4. The highest BCUT2D eigenvalue weighted by molar-refractivity contribution is 5.89. The second kappa shape index (κ2) is 7.60. The van der Waals surface area contributed by atoms with Gasteiger partial charge in [-0.15, -0.1) is 0 Å². The number of hydrogen-bond acceptors (Lipinski definition) is 7. The normalized spacial score (nSPS) is 21.0. The molecule has 1 atom stereocenters. The van der Waals surface area contributed by atoms with Crippen molar-refractivity contribution in [2.24, 2.45) is 0 Å². The van der Waals surface area contributed by atoms with Crippen molar-refractivity contribution in [2.75, 3.05) is 20.1 Å². The van der Waals surface area contributed by atoms with Crippen LogP contribution in [0.5, 0.6) is 0 Å². The van der Waals surface area contributed by atoms with E-state index in [0.29, 0.717) is 12.4 Å². The smallest absolute Gasteiger partial charge is 0.292 e. The summed E-state index contributed by atoms with van der Waals surface area (Å²) in [5, 5.41) is 6.29. The Kier molecular flexibility index (Phi) is 4.78. The summed E-state index contributed by atoms with van der Waals surface area (Å²) < 4.78 is 5.30. The van der Waals surface area contributed by atoms with Crippen molar-refractivity contribution in [1.29, 1.82) is 0 Å². The minimum Gasteiger partial charge on any atom is -0.352 e. The van der Waals surface area contributed by atoms with Crippen LogP contribution in [0.25, 0.3) is 11.4 Å². The van der Waals surface area contributed by atoms with E-state index in [1.807, 2.05) is 24.4 Å². The second-order valence-corrected chi connectivity index (χ2v) is 8.12. The van der Waals surface area contributed by atoms with Crippen LogP contribution in [-0.2, 0) is 18.4 Å². The minimum absolute atomic E-state index is 0.0314. The molecule has 8 nitrogen and oxygen atoms in total. The Labute approximate surface area is 174 Å². The third-order valence-corrected chi connectivity index (χ3v) is 6.18.